The zero-order valence-electron chi connectivity index (χ0n) is 18.7. The minimum atomic E-state index is 0.362. The van der Waals surface area contributed by atoms with Crippen LogP contribution < -0.4 is 4.74 Å². The van der Waals surface area contributed by atoms with Gasteiger partial charge in [0.2, 0.25) is 0 Å². The van der Waals surface area contributed by atoms with Crippen molar-refractivity contribution in [3.63, 3.8) is 0 Å². The summed E-state index contributed by atoms with van der Waals surface area (Å²) in [5.74, 6) is 3.67. The molecule has 0 unspecified atom stereocenters. The second-order valence-electron chi connectivity index (χ2n) is 8.71. The zero-order chi connectivity index (χ0) is 21.8. The van der Waals surface area contributed by atoms with Crippen LogP contribution in [0, 0.1) is 5.92 Å². The van der Waals surface area contributed by atoms with Crippen LogP contribution in [0.4, 0.5) is 0 Å². The summed E-state index contributed by atoms with van der Waals surface area (Å²) in [4.78, 5) is 4.59. The maximum Gasteiger partial charge on any atom is 0.144 e. The van der Waals surface area contributed by atoms with Gasteiger partial charge in [-0.3, -0.25) is 4.57 Å². The lowest BCUT2D eigenvalue weighted by Crippen LogP contribution is -2.00. The first-order valence-electron chi connectivity index (χ1n) is 11.0. The van der Waals surface area contributed by atoms with E-state index in [1.165, 1.54) is 11.1 Å². The van der Waals surface area contributed by atoms with E-state index < -0.39 is 0 Å². The molecule has 0 saturated heterocycles. The quantitative estimate of drug-likeness (QED) is 0.313. The molecule has 0 bridgehead atoms. The van der Waals surface area contributed by atoms with E-state index >= 15 is 0 Å². The zero-order valence-corrected chi connectivity index (χ0v) is 18.7. The molecule has 31 heavy (non-hydrogen) atoms. The fourth-order valence-electron chi connectivity index (χ4n) is 3.84. The third-order valence-electron chi connectivity index (χ3n) is 5.37. The molecule has 0 fully saturated rings. The van der Waals surface area contributed by atoms with Gasteiger partial charge in [0.1, 0.15) is 17.3 Å². The van der Waals surface area contributed by atoms with Crippen LogP contribution in [0.1, 0.15) is 44.7 Å². The number of hydrogen-bond acceptors (Lipinski definition) is 2. The van der Waals surface area contributed by atoms with Gasteiger partial charge in [-0.1, -0.05) is 76.2 Å². The second kappa shape index (κ2) is 9.22. The largest absolute Gasteiger partial charge is 0.457 e. The highest BCUT2D eigenvalue weighted by Gasteiger charge is 2.14. The van der Waals surface area contributed by atoms with Crippen molar-refractivity contribution in [2.45, 2.75) is 40.0 Å². The Morgan fingerprint density at radius 3 is 2.29 bits per heavy atom. The van der Waals surface area contributed by atoms with Crippen LogP contribution in [0.25, 0.3) is 17.1 Å². The number of nitrogens with zero attached hydrogens (tertiary/aromatic N) is 2. The Balaban J connectivity index is 1.68. The van der Waals surface area contributed by atoms with Crippen molar-refractivity contribution in [3.8, 4) is 28.6 Å². The maximum absolute atomic E-state index is 6.38. The fraction of sp³-hybridized carbons (Fsp3) is 0.250. The maximum atomic E-state index is 6.38. The predicted molar refractivity (Wildman–Crippen MR) is 128 cm³/mol. The van der Waals surface area contributed by atoms with Crippen LogP contribution in [0.15, 0.2) is 85.2 Å². The molecule has 4 aromatic rings. The van der Waals surface area contributed by atoms with Crippen LogP contribution in [0.2, 0.25) is 0 Å². The Hall–Kier alpha value is -3.33. The molecule has 0 aliphatic rings. The highest BCUT2D eigenvalue weighted by atomic mass is 16.5. The van der Waals surface area contributed by atoms with Crippen LogP contribution in [0.5, 0.6) is 11.5 Å². The van der Waals surface area contributed by atoms with Gasteiger partial charge in [0.15, 0.2) is 0 Å². The molecule has 1 aromatic heterocycles. The van der Waals surface area contributed by atoms with Gasteiger partial charge in [-0.05, 0) is 47.6 Å². The van der Waals surface area contributed by atoms with Crippen LogP contribution >= 0.6 is 0 Å². The summed E-state index contributed by atoms with van der Waals surface area (Å²) in [7, 11) is 0. The Kier molecular flexibility index (Phi) is 6.22. The highest BCUT2D eigenvalue weighted by Crippen LogP contribution is 2.34. The summed E-state index contributed by atoms with van der Waals surface area (Å²) in [6, 6.07) is 25.1. The van der Waals surface area contributed by atoms with Gasteiger partial charge in [0.05, 0.1) is 5.69 Å². The predicted octanol–water partition coefficient (Wildman–Crippen LogP) is 7.65. The van der Waals surface area contributed by atoms with E-state index in [2.05, 4.69) is 91.8 Å². The smallest absolute Gasteiger partial charge is 0.144 e. The molecule has 4 rings (SSSR count). The monoisotopic (exact) mass is 410 g/mol. The van der Waals surface area contributed by atoms with Crippen molar-refractivity contribution >= 4 is 0 Å². The minimum absolute atomic E-state index is 0.362. The molecule has 0 N–H and O–H groups in total. The molecule has 0 spiro atoms. The standard InChI is InChI=1S/C28H30N2O/c1-20(2)18-22-10-13-25(14-11-22)31-27-19-24(12-15-26(27)21(3)4)30-17-16-29-28(30)23-8-6-5-7-9-23/h5-17,19-21H,18H2,1-4H3. The lowest BCUT2D eigenvalue weighted by molar-refractivity contribution is 0.472. The molecule has 3 aromatic carbocycles. The van der Waals surface area contributed by atoms with E-state index in [0.29, 0.717) is 11.8 Å². The van der Waals surface area contributed by atoms with E-state index in [1.54, 1.807) is 0 Å². The fourth-order valence-corrected chi connectivity index (χ4v) is 3.84. The van der Waals surface area contributed by atoms with Crippen molar-refractivity contribution in [1.29, 1.82) is 0 Å². The van der Waals surface area contributed by atoms with Gasteiger partial charge >= 0.3 is 0 Å². The summed E-state index contributed by atoms with van der Waals surface area (Å²) < 4.78 is 8.49. The lowest BCUT2D eigenvalue weighted by atomic mass is 10.0. The van der Waals surface area contributed by atoms with E-state index in [9.17, 15) is 0 Å². The van der Waals surface area contributed by atoms with Gasteiger partial charge in [0.25, 0.3) is 0 Å². The first-order valence-corrected chi connectivity index (χ1v) is 11.0. The Labute approximate surface area is 185 Å². The van der Waals surface area contributed by atoms with E-state index in [4.69, 9.17) is 4.74 Å². The van der Waals surface area contributed by atoms with Crippen LogP contribution in [0.3, 0.4) is 0 Å². The van der Waals surface area contributed by atoms with Gasteiger partial charge in [-0.15, -0.1) is 0 Å². The molecule has 0 saturated carbocycles. The SMILES string of the molecule is CC(C)Cc1ccc(Oc2cc(-n3ccnc3-c3ccccc3)ccc2C(C)C)cc1. The molecule has 0 aliphatic carbocycles. The molecule has 3 nitrogen and oxygen atoms in total. The van der Waals surface area contributed by atoms with Gasteiger partial charge in [-0.2, -0.15) is 0 Å². The molecule has 158 valence electrons. The average molecular weight is 411 g/mol. The summed E-state index contributed by atoms with van der Waals surface area (Å²) in [6.07, 6.45) is 4.92. The molecule has 1 heterocycles. The number of rotatable bonds is 7. The molecule has 0 radical (unpaired) electrons. The minimum Gasteiger partial charge on any atom is -0.457 e. The summed E-state index contributed by atoms with van der Waals surface area (Å²) >= 11 is 0. The topological polar surface area (TPSA) is 27.1 Å². The molecular formula is C28H30N2O. The molecule has 0 amide bonds. The number of benzene rings is 3. The first kappa shape index (κ1) is 20.9. The highest BCUT2D eigenvalue weighted by molar-refractivity contribution is 5.60. The van der Waals surface area contributed by atoms with Crippen molar-refractivity contribution in [2.24, 2.45) is 5.92 Å². The molecule has 0 aliphatic heterocycles. The van der Waals surface area contributed by atoms with Crippen LogP contribution in [-0.2, 0) is 6.42 Å². The Morgan fingerprint density at radius 2 is 1.61 bits per heavy atom. The molecule has 0 atom stereocenters. The van der Waals surface area contributed by atoms with Crippen molar-refractivity contribution < 1.29 is 4.74 Å². The van der Waals surface area contributed by atoms with Crippen molar-refractivity contribution in [3.05, 3.63) is 96.3 Å². The number of hydrogen-bond donors (Lipinski definition) is 0. The lowest BCUT2D eigenvalue weighted by Gasteiger charge is -2.17. The van der Waals surface area contributed by atoms with Gasteiger partial charge in [0, 0.05) is 24.0 Å². The van der Waals surface area contributed by atoms with Crippen LogP contribution in [-0.4, -0.2) is 9.55 Å². The normalized spacial score (nSPS) is 11.3. The third kappa shape index (κ3) is 4.88. The second-order valence-corrected chi connectivity index (χ2v) is 8.71. The molecule has 3 heteroatoms. The number of ether oxygens (including phenoxy) is 1. The molecular weight excluding hydrogens is 380 g/mol. The summed E-state index contributed by atoms with van der Waals surface area (Å²) in [5.41, 5.74) is 4.65. The van der Waals surface area contributed by atoms with E-state index in [-0.39, 0.29) is 0 Å². The first-order chi connectivity index (χ1) is 15.0. The van der Waals surface area contributed by atoms with E-state index in [1.807, 2.05) is 30.6 Å². The number of aromatic nitrogens is 2. The average Bonchev–Trinajstić information content (AvgIpc) is 3.25. The Morgan fingerprint density at radius 1 is 0.871 bits per heavy atom. The van der Waals surface area contributed by atoms with Gasteiger partial charge < -0.3 is 4.74 Å². The van der Waals surface area contributed by atoms with Crippen molar-refractivity contribution in [2.75, 3.05) is 0 Å². The van der Waals surface area contributed by atoms with E-state index in [0.717, 1.165) is 35.0 Å². The van der Waals surface area contributed by atoms with Gasteiger partial charge in [-0.25, -0.2) is 4.98 Å². The van der Waals surface area contributed by atoms with Crippen molar-refractivity contribution in [1.82, 2.24) is 9.55 Å². The summed E-state index contributed by atoms with van der Waals surface area (Å²) in [5, 5.41) is 0. The number of imidazole rings is 1. The summed E-state index contributed by atoms with van der Waals surface area (Å²) in [6.45, 7) is 8.87. The third-order valence-corrected chi connectivity index (χ3v) is 5.37. The Bertz CT molecular complexity index is 1130.